The Bertz CT molecular complexity index is 498. The number of carbonyl (C=O) groups is 1. The summed E-state index contributed by atoms with van der Waals surface area (Å²) in [6.45, 7) is -0.199. The van der Waals surface area contributed by atoms with E-state index in [0.717, 1.165) is 24.3 Å². The minimum Gasteiger partial charge on any atom is -0.384 e. The number of hydrogen-bond donors (Lipinski definition) is 2. The monoisotopic (exact) mass is 275 g/mol. The third-order valence-electron chi connectivity index (χ3n) is 3.03. The fourth-order valence-electron chi connectivity index (χ4n) is 2.03. The molecule has 1 aliphatic rings. The molecular weight excluding hydrogens is 258 g/mol. The number of rotatable bonds is 2. The van der Waals surface area contributed by atoms with Gasteiger partial charge in [-0.2, -0.15) is 11.8 Å². The van der Waals surface area contributed by atoms with Gasteiger partial charge in [0.15, 0.2) is 0 Å². The van der Waals surface area contributed by atoms with E-state index in [0.29, 0.717) is 11.1 Å². The fourth-order valence-corrected chi connectivity index (χ4v) is 3.14. The van der Waals surface area contributed by atoms with Crippen LogP contribution < -0.4 is 5.32 Å². The average molecular weight is 275 g/mol. The highest BCUT2D eigenvalue weighted by Gasteiger charge is 2.18. The van der Waals surface area contributed by atoms with Crippen LogP contribution in [0.4, 0.5) is 0 Å². The summed E-state index contributed by atoms with van der Waals surface area (Å²) in [5.74, 6) is 7.55. The van der Waals surface area contributed by atoms with Gasteiger partial charge in [0, 0.05) is 11.6 Å². The number of amides is 1. The second-order valence-electron chi connectivity index (χ2n) is 4.37. The van der Waals surface area contributed by atoms with E-state index in [1.165, 1.54) is 0 Å². The number of hydrogen-bond acceptors (Lipinski definition) is 3. The summed E-state index contributed by atoms with van der Waals surface area (Å²) in [4.78, 5) is 12.2. The van der Waals surface area contributed by atoms with Crippen molar-refractivity contribution in [2.75, 3.05) is 18.1 Å². The van der Waals surface area contributed by atoms with Gasteiger partial charge >= 0.3 is 0 Å². The van der Waals surface area contributed by atoms with Crippen molar-refractivity contribution in [3.05, 3.63) is 35.4 Å². The molecule has 4 heteroatoms. The van der Waals surface area contributed by atoms with E-state index in [4.69, 9.17) is 5.11 Å². The molecule has 0 bridgehead atoms. The number of aliphatic hydroxyl groups is 1. The van der Waals surface area contributed by atoms with Gasteiger partial charge in [-0.3, -0.25) is 4.79 Å². The molecule has 0 saturated carbocycles. The van der Waals surface area contributed by atoms with Crippen molar-refractivity contribution in [1.29, 1.82) is 0 Å². The SMILES string of the molecule is O=C(NC1CCSCC1)c1ccccc1C#CCO. The first-order valence-electron chi connectivity index (χ1n) is 6.38. The summed E-state index contributed by atoms with van der Waals surface area (Å²) in [5, 5.41) is 11.8. The van der Waals surface area contributed by atoms with Crippen molar-refractivity contribution in [3.8, 4) is 11.8 Å². The van der Waals surface area contributed by atoms with E-state index in [1.807, 2.05) is 23.9 Å². The highest BCUT2D eigenvalue weighted by atomic mass is 32.2. The topological polar surface area (TPSA) is 49.3 Å². The Balaban J connectivity index is 2.09. The average Bonchev–Trinajstić information content (AvgIpc) is 2.46. The zero-order valence-corrected chi connectivity index (χ0v) is 11.5. The standard InChI is InChI=1S/C15H17NO2S/c17-9-3-5-12-4-1-2-6-14(12)15(18)16-13-7-10-19-11-8-13/h1-2,4,6,13,17H,7-11H2,(H,16,18). The molecule has 1 heterocycles. The third-order valence-corrected chi connectivity index (χ3v) is 4.08. The van der Waals surface area contributed by atoms with Gasteiger partial charge in [0.25, 0.3) is 5.91 Å². The van der Waals surface area contributed by atoms with Crippen molar-refractivity contribution < 1.29 is 9.90 Å². The predicted molar refractivity (Wildman–Crippen MR) is 78.2 cm³/mol. The van der Waals surface area contributed by atoms with Crippen LogP contribution in [0.5, 0.6) is 0 Å². The van der Waals surface area contributed by atoms with E-state index in [9.17, 15) is 4.79 Å². The Morgan fingerprint density at radius 2 is 2.11 bits per heavy atom. The minimum absolute atomic E-state index is 0.0697. The fraction of sp³-hybridized carbons (Fsp3) is 0.400. The molecule has 2 rings (SSSR count). The molecule has 0 atom stereocenters. The van der Waals surface area contributed by atoms with Crippen molar-refractivity contribution in [2.45, 2.75) is 18.9 Å². The molecule has 1 amide bonds. The van der Waals surface area contributed by atoms with E-state index < -0.39 is 0 Å². The predicted octanol–water partition coefficient (Wildman–Crippen LogP) is 1.66. The first-order chi connectivity index (χ1) is 9.31. The third kappa shape index (κ3) is 4.02. The molecule has 1 aliphatic heterocycles. The second-order valence-corrected chi connectivity index (χ2v) is 5.59. The van der Waals surface area contributed by atoms with Crippen molar-refractivity contribution in [2.24, 2.45) is 0 Å². The van der Waals surface area contributed by atoms with Gasteiger partial charge in [-0.1, -0.05) is 24.0 Å². The molecule has 2 N–H and O–H groups in total. The number of thioether (sulfide) groups is 1. The van der Waals surface area contributed by atoms with Gasteiger partial charge in [0.2, 0.25) is 0 Å². The van der Waals surface area contributed by atoms with E-state index in [2.05, 4.69) is 17.2 Å². The zero-order chi connectivity index (χ0) is 13.5. The summed E-state index contributed by atoms with van der Waals surface area (Å²) >= 11 is 1.93. The molecular formula is C15H17NO2S. The van der Waals surface area contributed by atoms with Crippen molar-refractivity contribution >= 4 is 17.7 Å². The summed E-state index contributed by atoms with van der Waals surface area (Å²) in [6, 6.07) is 7.51. The minimum atomic E-state index is -0.199. The van der Waals surface area contributed by atoms with Crippen LogP contribution in [-0.4, -0.2) is 35.2 Å². The Kier molecular flexibility index (Phi) is 5.31. The van der Waals surface area contributed by atoms with Crippen LogP contribution in [0.15, 0.2) is 24.3 Å². The highest BCUT2D eigenvalue weighted by molar-refractivity contribution is 7.99. The lowest BCUT2D eigenvalue weighted by atomic mass is 10.1. The smallest absolute Gasteiger partial charge is 0.252 e. The first kappa shape index (κ1) is 14.0. The molecule has 0 aromatic heterocycles. The number of aliphatic hydroxyl groups excluding tert-OH is 1. The number of nitrogens with one attached hydrogen (secondary N) is 1. The lowest BCUT2D eigenvalue weighted by Crippen LogP contribution is -2.37. The molecule has 1 saturated heterocycles. The van der Waals surface area contributed by atoms with Crippen LogP contribution in [0.2, 0.25) is 0 Å². The summed E-state index contributed by atoms with van der Waals surface area (Å²) in [5.41, 5.74) is 1.25. The normalized spacial score (nSPS) is 15.4. The van der Waals surface area contributed by atoms with Crippen LogP contribution in [0.25, 0.3) is 0 Å². The second kappa shape index (κ2) is 7.22. The summed E-state index contributed by atoms with van der Waals surface area (Å²) < 4.78 is 0. The number of carbonyl (C=O) groups excluding carboxylic acids is 1. The van der Waals surface area contributed by atoms with E-state index in [1.54, 1.807) is 12.1 Å². The van der Waals surface area contributed by atoms with Crippen LogP contribution in [-0.2, 0) is 0 Å². The van der Waals surface area contributed by atoms with Gasteiger partial charge in [-0.15, -0.1) is 0 Å². The highest BCUT2D eigenvalue weighted by Crippen LogP contribution is 2.17. The molecule has 0 radical (unpaired) electrons. The molecule has 1 fully saturated rings. The Hall–Kier alpha value is -1.44. The molecule has 1 aromatic rings. The van der Waals surface area contributed by atoms with E-state index >= 15 is 0 Å². The molecule has 1 aromatic carbocycles. The molecule has 3 nitrogen and oxygen atoms in total. The molecule has 19 heavy (non-hydrogen) atoms. The van der Waals surface area contributed by atoms with Crippen LogP contribution >= 0.6 is 11.8 Å². The zero-order valence-electron chi connectivity index (χ0n) is 10.7. The van der Waals surface area contributed by atoms with Crippen LogP contribution in [0.1, 0.15) is 28.8 Å². The largest absolute Gasteiger partial charge is 0.384 e. The van der Waals surface area contributed by atoms with Crippen LogP contribution in [0, 0.1) is 11.8 Å². The molecule has 0 unspecified atom stereocenters. The maximum Gasteiger partial charge on any atom is 0.252 e. The van der Waals surface area contributed by atoms with Gasteiger partial charge in [0.05, 0.1) is 5.56 Å². The number of benzene rings is 1. The lowest BCUT2D eigenvalue weighted by molar-refractivity contribution is 0.0934. The maximum atomic E-state index is 12.2. The Morgan fingerprint density at radius 1 is 1.37 bits per heavy atom. The van der Waals surface area contributed by atoms with Gasteiger partial charge in [0.1, 0.15) is 6.61 Å². The van der Waals surface area contributed by atoms with Crippen molar-refractivity contribution in [1.82, 2.24) is 5.32 Å². The van der Waals surface area contributed by atoms with Crippen LogP contribution in [0.3, 0.4) is 0 Å². The summed E-state index contributed by atoms with van der Waals surface area (Å²) in [6.07, 6.45) is 2.06. The van der Waals surface area contributed by atoms with Crippen molar-refractivity contribution in [3.63, 3.8) is 0 Å². The quantitative estimate of drug-likeness (QED) is 0.807. The summed E-state index contributed by atoms with van der Waals surface area (Å²) in [7, 11) is 0. The van der Waals surface area contributed by atoms with Gasteiger partial charge < -0.3 is 10.4 Å². The molecule has 100 valence electrons. The molecule has 0 spiro atoms. The van der Waals surface area contributed by atoms with E-state index in [-0.39, 0.29) is 18.6 Å². The first-order valence-corrected chi connectivity index (χ1v) is 7.54. The lowest BCUT2D eigenvalue weighted by Gasteiger charge is -2.22. The van der Waals surface area contributed by atoms with Gasteiger partial charge in [-0.05, 0) is 36.5 Å². The maximum absolute atomic E-state index is 12.2. The Morgan fingerprint density at radius 3 is 2.84 bits per heavy atom. The Labute approximate surface area is 117 Å². The van der Waals surface area contributed by atoms with Gasteiger partial charge in [-0.25, -0.2) is 0 Å². The molecule has 0 aliphatic carbocycles.